The quantitative estimate of drug-likeness (QED) is 0.422. The normalized spacial score (nSPS) is 10.5. The molecular formula is C19H20ClN3O2S. The van der Waals surface area contributed by atoms with E-state index in [2.05, 4.69) is 41.1 Å². The zero-order chi connectivity index (χ0) is 17.6. The Labute approximate surface area is 162 Å². The van der Waals surface area contributed by atoms with Gasteiger partial charge in [0.25, 0.3) is 0 Å². The van der Waals surface area contributed by atoms with E-state index in [-0.39, 0.29) is 22.3 Å². The number of pyridine rings is 1. The van der Waals surface area contributed by atoms with Crippen molar-refractivity contribution < 1.29 is 4.92 Å². The third kappa shape index (κ3) is 5.62. The number of aromatic nitrogens is 1. The molecule has 0 atom stereocenters. The minimum absolute atomic E-state index is 0. The second-order valence-corrected chi connectivity index (χ2v) is 7.14. The minimum Gasteiger partial charge on any atom is -0.290 e. The summed E-state index contributed by atoms with van der Waals surface area (Å²) in [5.74, 6) is 0. The number of nitrogens with zero attached hydrogens (tertiary/aromatic N) is 3. The average molecular weight is 390 g/mol. The first-order valence-electron chi connectivity index (χ1n) is 8.00. The fourth-order valence-corrected chi connectivity index (χ4v) is 3.62. The molecule has 3 rings (SSSR count). The van der Waals surface area contributed by atoms with Gasteiger partial charge >= 0.3 is 5.00 Å². The van der Waals surface area contributed by atoms with Gasteiger partial charge in [-0.25, -0.2) is 0 Å². The monoisotopic (exact) mass is 389 g/mol. The van der Waals surface area contributed by atoms with Crippen molar-refractivity contribution in [3.05, 3.63) is 92.6 Å². The van der Waals surface area contributed by atoms with E-state index in [1.165, 1.54) is 22.5 Å². The number of halogens is 1. The Morgan fingerprint density at radius 2 is 1.85 bits per heavy atom. The van der Waals surface area contributed by atoms with Crippen LogP contribution in [0, 0.1) is 17.0 Å². The first-order chi connectivity index (χ1) is 12.1. The van der Waals surface area contributed by atoms with E-state index < -0.39 is 0 Å². The summed E-state index contributed by atoms with van der Waals surface area (Å²) in [6.07, 6.45) is 3.62. The summed E-state index contributed by atoms with van der Waals surface area (Å²) in [6, 6.07) is 15.8. The molecule has 0 fully saturated rings. The lowest BCUT2D eigenvalue weighted by Gasteiger charge is -2.22. The molecule has 0 aliphatic rings. The molecule has 0 bridgehead atoms. The largest absolute Gasteiger partial charge is 0.324 e. The smallest absolute Gasteiger partial charge is 0.290 e. The van der Waals surface area contributed by atoms with Gasteiger partial charge in [-0.15, -0.1) is 12.4 Å². The number of nitro groups is 1. The molecule has 26 heavy (non-hydrogen) atoms. The van der Waals surface area contributed by atoms with E-state index in [0.29, 0.717) is 6.54 Å². The van der Waals surface area contributed by atoms with E-state index in [1.54, 1.807) is 12.3 Å². The lowest BCUT2D eigenvalue weighted by molar-refractivity contribution is -0.380. The Kier molecular flexibility index (Phi) is 7.26. The Hall–Kier alpha value is -2.28. The van der Waals surface area contributed by atoms with Crippen molar-refractivity contribution in [2.75, 3.05) is 0 Å². The van der Waals surface area contributed by atoms with E-state index in [0.717, 1.165) is 23.5 Å². The maximum Gasteiger partial charge on any atom is 0.324 e. The molecule has 0 radical (unpaired) electrons. The third-order valence-electron chi connectivity index (χ3n) is 3.82. The molecule has 0 spiro atoms. The molecule has 1 aromatic carbocycles. The van der Waals surface area contributed by atoms with Gasteiger partial charge in [-0.1, -0.05) is 47.2 Å². The number of hydrogen-bond acceptors (Lipinski definition) is 5. The van der Waals surface area contributed by atoms with Gasteiger partial charge in [0.05, 0.1) is 4.92 Å². The molecule has 0 aliphatic carbocycles. The molecule has 2 aromatic heterocycles. The van der Waals surface area contributed by atoms with Crippen LogP contribution < -0.4 is 0 Å². The molecule has 3 aromatic rings. The van der Waals surface area contributed by atoms with E-state index in [4.69, 9.17) is 0 Å². The highest BCUT2D eigenvalue weighted by Gasteiger charge is 2.14. The van der Waals surface area contributed by atoms with Crippen LogP contribution in [0.4, 0.5) is 5.00 Å². The Bertz CT molecular complexity index is 855. The predicted molar refractivity (Wildman–Crippen MR) is 107 cm³/mol. The van der Waals surface area contributed by atoms with Crippen molar-refractivity contribution in [2.45, 2.75) is 26.6 Å². The summed E-state index contributed by atoms with van der Waals surface area (Å²) in [7, 11) is 0. The van der Waals surface area contributed by atoms with Crippen molar-refractivity contribution in [1.82, 2.24) is 9.88 Å². The Balaban J connectivity index is 0.00000243. The van der Waals surface area contributed by atoms with Crippen LogP contribution in [0.15, 0.2) is 60.9 Å². The molecule has 0 N–H and O–H groups in total. The Morgan fingerprint density at radius 3 is 2.50 bits per heavy atom. The zero-order valence-electron chi connectivity index (χ0n) is 14.4. The van der Waals surface area contributed by atoms with Crippen LogP contribution in [0.1, 0.15) is 21.6 Å². The summed E-state index contributed by atoms with van der Waals surface area (Å²) in [4.78, 5) is 18.0. The molecule has 0 unspecified atom stereocenters. The second kappa shape index (κ2) is 9.43. The molecule has 0 saturated heterocycles. The van der Waals surface area contributed by atoms with Crippen LogP contribution in [-0.2, 0) is 19.6 Å². The molecular weight excluding hydrogens is 370 g/mol. The minimum atomic E-state index is -0.333. The van der Waals surface area contributed by atoms with E-state index >= 15 is 0 Å². The lowest BCUT2D eigenvalue weighted by Crippen LogP contribution is -2.22. The molecule has 0 amide bonds. The maximum absolute atomic E-state index is 10.9. The SMILES string of the molecule is Cc1cccc(CN(Cc2cccnc2)Cc2ccc([N+](=O)[O-])s2)c1.Cl. The average Bonchev–Trinajstić information content (AvgIpc) is 3.04. The highest BCUT2D eigenvalue weighted by molar-refractivity contribution is 7.15. The molecule has 7 heteroatoms. The number of thiophene rings is 1. The predicted octanol–water partition coefficient (Wildman–Crippen LogP) is 4.98. The van der Waals surface area contributed by atoms with Crippen LogP contribution in [0.5, 0.6) is 0 Å². The zero-order valence-corrected chi connectivity index (χ0v) is 16.0. The number of hydrogen-bond donors (Lipinski definition) is 0. The molecule has 5 nitrogen and oxygen atoms in total. The van der Waals surface area contributed by atoms with Crippen molar-refractivity contribution in [3.8, 4) is 0 Å². The summed E-state index contributed by atoms with van der Waals surface area (Å²) in [6.45, 7) is 4.27. The summed E-state index contributed by atoms with van der Waals surface area (Å²) >= 11 is 1.24. The fraction of sp³-hybridized carbons (Fsp3) is 0.211. The fourth-order valence-electron chi connectivity index (χ4n) is 2.76. The maximum atomic E-state index is 10.9. The third-order valence-corrected chi connectivity index (χ3v) is 4.85. The lowest BCUT2D eigenvalue weighted by atomic mass is 10.1. The number of aryl methyl sites for hydroxylation is 1. The summed E-state index contributed by atoms with van der Waals surface area (Å²) in [5.41, 5.74) is 3.58. The van der Waals surface area contributed by atoms with Gasteiger partial charge in [-0.2, -0.15) is 0 Å². The topological polar surface area (TPSA) is 59.3 Å². The van der Waals surface area contributed by atoms with Crippen LogP contribution >= 0.6 is 23.7 Å². The summed E-state index contributed by atoms with van der Waals surface area (Å²) < 4.78 is 0. The van der Waals surface area contributed by atoms with Crippen molar-refractivity contribution >= 4 is 28.7 Å². The van der Waals surface area contributed by atoms with Gasteiger partial charge in [-0.3, -0.25) is 20.0 Å². The van der Waals surface area contributed by atoms with Gasteiger partial charge in [0.1, 0.15) is 0 Å². The second-order valence-electron chi connectivity index (χ2n) is 5.99. The standard InChI is InChI=1S/C19H19N3O2S.ClH/c1-15-4-2-5-16(10-15)12-21(13-17-6-3-9-20-11-17)14-18-7-8-19(25-18)22(23)24;/h2-11H,12-14H2,1H3;1H. The number of benzene rings is 1. The van der Waals surface area contributed by atoms with Gasteiger partial charge in [0, 0.05) is 43.0 Å². The molecule has 0 saturated carbocycles. The highest BCUT2D eigenvalue weighted by Crippen LogP contribution is 2.26. The molecule has 0 aliphatic heterocycles. The van der Waals surface area contributed by atoms with Crippen molar-refractivity contribution in [2.24, 2.45) is 0 Å². The van der Waals surface area contributed by atoms with Gasteiger partial charge < -0.3 is 0 Å². The van der Waals surface area contributed by atoms with Crippen LogP contribution in [0.2, 0.25) is 0 Å². The van der Waals surface area contributed by atoms with Crippen LogP contribution in [0.3, 0.4) is 0 Å². The van der Waals surface area contributed by atoms with Crippen LogP contribution in [0.25, 0.3) is 0 Å². The first-order valence-corrected chi connectivity index (χ1v) is 8.82. The molecule has 2 heterocycles. The van der Waals surface area contributed by atoms with E-state index in [1.807, 2.05) is 24.4 Å². The van der Waals surface area contributed by atoms with Crippen molar-refractivity contribution in [3.63, 3.8) is 0 Å². The first kappa shape index (κ1) is 20.0. The summed E-state index contributed by atoms with van der Waals surface area (Å²) in [5, 5.41) is 11.1. The van der Waals surface area contributed by atoms with Gasteiger partial charge in [0.15, 0.2) is 0 Å². The van der Waals surface area contributed by atoms with Crippen molar-refractivity contribution in [1.29, 1.82) is 0 Å². The van der Waals surface area contributed by atoms with Gasteiger partial charge in [0.2, 0.25) is 0 Å². The van der Waals surface area contributed by atoms with E-state index in [9.17, 15) is 10.1 Å². The van der Waals surface area contributed by atoms with Crippen LogP contribution in [-0.4, -0.2) is 14.8 Å². The molecule has 136 valence electrons. The number of rotatable bonds is 7. The Morgan fingerprint density at radius 1 is 1.08 bits per heavy atom. The van der Waals surface area contributed by atoms with Gasteiger partial charge in [-0.05, 0) is 30.2 Å². The highest BCUT2D eigenvalue weighted by atomic mass is 35.5.